The standard InChI is InChI=1S/C20H17ClN2O2/c1-14-8-9-16(21)11-15(14)13-25-19-7-3-2-6-18(19)20(24)23-17-5-4-10-22-12-17/h2-12H,13H2,1H3,(H,23,24). The third-order valence-electron chi connectivity index (χ3n) is 3.75. The normalized spacial score (nSPS) is 10.3. The van der Waals surface area contributed by atoms with Gasteiger partial charge in [-0.25, -0.2) is 0 Å². The highest BCUT2D eigenvalue weighted by Crippen LogP contribution is 2.22. The number of carbonyl (C=O) groups excluding carboxylic acids is 1. The van der Waals surface area contributed by atoms with E-state index in [9.17, 15) is 4.79 Å². The molecule has 4 nitrogen and oxygen atoms in total. The molecule has 2 aromatic carbocycles. The zero-order valence-corrected chi connectivity index (χ0v) is 14.5. The van der Waals surface area contributed by atoms with Crippen molar-refractivity contribution in [2.24, 2.45) is 0 Å². The number of nitrogens with one attached hydrogen (secondary N) is 1. The van der Waals surface area contributed by atoms with Crippen LogP contribution in [0.2, 0.25) is 5.02 Å². The van der Waals surface area contributed by atoms with Crippen molar-refractivity contribution in [1.29, 1.82) is 0 Å². The summed E-state index contributed by atoms with van der Waals surface area (Å²) in [6.45, 7) is 2.33. The maximum Gasteiger partial charge on any atom is 0.259 e. The number of amides is 1. The average molecular weight is 353 g/mol. The average Bonchev–Trinajstić information content (AvgIpc) is 2.63. The van der Waals surface area contributed by atoms with Gasteiger partial charge in [-0.15, -0.1) is 0 Å². The lowest BCUT2D eigenvalue weighted by atomic mass is 10.1. The molecule has 0 saturated heterocycles. The number of anilines is 1. The fraction of sp³-hybridized carbons (Fsp3) is 0.100. The molecule has 25 heavy (non-hydrogen) atoms. The van der Waals surface area contributed by atoms with Crippen molar-refractivity contribution in [2.75, 3.05) is 5.32 Å². The Morgan fingerprint density at radius 2 is 2.00 bits per heavy atom. The zero-order chi connectivity index (χ0) is 17.6. The van der Waals surface area contributed by atoms with Crippen molar-refractivity contribution in [3.63, 3.8) is 0 Å². The number of para-hydroxylation sites is 1. The minimum Gasteiger partial charge on any atom is -0.488 e. The van der Waals surface area contributed by atoms with E-state index in [4.69, 9.17) is 16.3 Å². The number of aryl methyl sites for hydroxylation is 1. The van der Waals surface area contributed by atoms with Crippen LogP contribution in [0.1, 0.15) is 21.5 Å². The topological polar surface area (TPSA) is 51.2 Å². The number of hydrogen-bond acceptors (Lipinski definition) is 3. The number of hydrogen-bond donors (Lipinski definition) is 1. The molecule has 0 aliphatic carbocycles. The van der Waals surface area contributed by atoms with Crippen molar-refractivity contribution in [3.8, 4) is 5.75 Å². The maximum atomic E-state index is 12.5. The van der Waals surface area contributed by atoms with Crippen LogP contribution in [0.15, 0.2) is 67.0 Å². The van der Waals surface area contributed by atoms with Gasteiger partial charge in [0.15, 0.2) is 0 Å². The number of aromatic nitrogens is 1. The Kier molecular flexibility index (Phi) is 5.31. The Bertz CT molecular complexity index is 882. The van der Waals surface area contributed by atoms with Crippen LogP contribution in [0.25, 0.3) is 0 Å². The SMILES string of the molecule is Cc1ccc(Cl)cc1COc1ccccc1C(=O)Nc1cccnc1. The van der Waals surface area contributed by atoms with Gasteiger partial charge in [0.2, 0.25) is 0 Å². The van der Waals surface area contributed by atoms with Gasteiger partial charge in [-0.3, -0.25) is 9.78 Å². The monoisotopic (exact) mass is 352 g/mol. The Morgan fingerprint density at radius 3 is 2.80 bits per heavy atom. The molecule has 0 radical (unpaired) electrons. The summed E-state index contributed by atoms with van der Waals surface area (Å²) in [4.78, 5) is 16.5. The summed E-state index contributed by atoms with van der Waals surface area (Å²) >= 11 is 6.04. The van der Waals surface area contributed by atoms with E-state index in [1.54, 1.807) is 42.7 Å². The van der Waals surface area contributed by atoms with Gasteiger partial charge < -0.3 is 10.1 Å². The second kappa shape index (κ2) is 7.81. The van der Waals surface area contributed by atoms with Crippen LogP contribution >= 0.6 is 11.6 Å². The Labute approximate surface area is 151 Å². The summed E-state index contributed by atoms with van der Waals surface area (Å²) in [6.07, 6.45) is 3.25. The Morgan fingerprint density at radius 1 is 1.16 bits per heavy atom. The largest absolute Gasteiger partial charge is 0.488 e. The highest BCUT2D eigenvalue weighted by Gasteiger charge is 2.13. The first-order chi connectivity index (χ1) is 12.1. The molecule has 1 heterocycles. The first-order valence-corrected chi connectivity index (χ1v) is 8.19. The molecule has 1 aromatic heterocycles. The molecule has 0 saturated carbocycles. The fourth-order valence-corrected chi connectivity index (χ4v) is 2.56. The number of pyridine rings is 1. The number of ether oxygens (including phenoxy) is 1. The van der Waals surface area contributed by atoms with E-state index in [0.717, 1.165) is 11.1 Å². The molecule has 0 atom stereocenters. The summed E-state index contributed by atoms with van der Waals surface area (Å²) in [6, 6.07) is 16.3. The van der Waals surface area contributed by atoms with Crippen LogP contribution in [0.3, 0.4) is 0 Å². The highest BCUT2D eigenvalue weighted by molar-refractivity contribution is 6.30. The fourth-order valence-electron chi connectivity index (χ4n) is 2.37. The summed E-state index contributed by atoms with van der Waals surface area (Å²) in [5, 5.41) is 3.47. The van der Waals surface area contributed by atoms with E-state index < -0.39 is 0 Å². The molecule has 3 aromatic rings. The first kappa shape index (κ1) is 17.0. The van der Waals surface area contributed by atoms with Gasteiger partial charge in [0, 0.05) is 11.2 Å². The summed E-state index contributed by atoms with van der Waals surface area (Å²) in [7, 11) is 0. The predicted octanol–water partition coefficient (Wildman–Crippen LogP) is 4.87. The van der Waals surface area contributed by atoms with E-state index in [1.165, 1.54) is 0 Å². The van der Waals surface area contributed by atoms with E-state index >= 15 is 0 Å². The smallest absolute Gasteiger partial charge is 0.259 e. The molecular weight excluding hydrogens is 336 g/mol. The van der Waals surface area contributed by atoms with Crippen molar-refractivity contribution < 1.29 is 9.53 Å². The van der Waals surface area contributed by atoms with Gasteiger partial charge in [-0.1, -0.05) is 29.8 Å². The quantitative estimate of drug-likeness (QED) is 0.712. The van der Waals surface area contributed by atoms with Gasteiger partial charge in [-0.2, -0.15) is 0 Å². The van der Waals surface area contributed by atoms with Gasteiger partial charge >= 0.3 is 0 Å². The summed E-state index contributed by atoms with van der Waals surface area (Å²) in [5.41, 5.74) is 3.16. The number of rotatable bonds is 5. The van der Waals surface area contributed by atoms with E-state index in [2.05, 4.69) is 10.3 Å². The molecule has 3 rings (SSSR count). The Balaban J connectivity index is 1.76. The lowest BCUT2D eigenvalue weighted by Gasteiger charge is -2.13. The van der Waals surface area contributed by atoms with Gasteiger partial charge in [0.25, 0.3) is 5.91 Å². The molecule has 5 heteroatoms. The molecule has 0 aliphatic heterocycles. The first-order valence-electron chi connectivity index (χ1n) is 7.82. The number of benzene rings is 2. The number of carbonyl (C=O) groups is 1. The highest BCUT2D eigenvalue weighted by atomic mass is 35.5. The Hall–Kier alpha value is -2.85. The summed E-state index contributed by atoms with van der Waals surface area (Å²) in [5.74, 6) is 0.273. The minimum atomic E-state index is -0.244. The van der Waals surface area contributed by atoms with Crippen LogP contribution in [0.4, 0.5) is 5.69 Å². The van der Waals surface area contributed by atoms with Crippen molar-refractivity contribution in [1.82, 2.24) is 4.98 Å². The van der Waals surface area contributed by atoms with Crippen LogP contribution in [-0.4, -0.2) is 10.9 Å². The predicted molar refractivity (Wildman–Crippen MR) is 99.2 cm³/mol. The second-order valence-corrected chi connectivity index (χ2v) is 5.99. The third-order valence-corrected chi connectivity index (χ3v) is 3.98. The van der Waals surface area contributed by atoms with Crippen molar-refractivity contribution >= 4 is 23.2 Å². The van der Waals surface area contributed by atoms with Crippen LogP contribution in [-0.2, 0) is 6.61 Å². The molecule has 0 bridgehead atoms. The lowest BCUT2D eigenvalue weighted by molar-refractivity contribution is 0.102. The zero-order valence-electron chi connectivity index (χ0n) is 13.7. The van der Waals surface area contributed by atoms with Crippen LogP contribution < -0.4 is 10.1 Å². The minimum absolute atomic E-state index is 0.244. The molecule has 0 unspecified atom stereocenters. The maximum absolute atomic E-state index is 12.5. The number of halogens is 1. The molecule has 0 aliphatic rings. The van der Waals surface area contributed by atoms with Crippen LogP contribution in [0, 0.1) is 6.92 Å². The second-order valence-electron chi connectivity index (χ2n) is 5.55. The lowest BCUT2D eigenvalue weighted by Crippen LogP contribution is -2.13. The van der Waals surface area contributed by atoms with Gasteiger partial charge in [0.1, 0.15) is 12.4 Å². The van der Waals surface area contributed by atoms with Crippen molar-refractivity contribution in [2.45, 2.75) is 13.5 Å². The molecular formula is C20H17ClN2O2. The molecule has 126 valence electrons. The van der Waals surface area contributed by atoms with Crippen molar-refractivity contribution in [3.05, 3.63) is 88.7 Å². The number of nitrogens with zero attached hydrogens (tertiary/aromatic N) is 1. The van der Waals surface area contributed by atoms with Gasteiger partial charge in [-0.05, 0) is 54.4 Å². The van der Waals surface area contributed by atoms with Gasteiger partial charge in [0.05, 0.1) is 17.4 Å². The van der Waals surface area contributed by atoms with E-state index in [0.29, 0.717) is 28.6 Å². The molecule has 1 amide bonds. The molecule has 1 N–H and O–H groups in total. The molecule has 0 fully saturated rings. The summed E-state index contributed by atoms with van der Waals surface area (Å²) < 4.78 is 5.88. The van der Waals surface area contributed by atoms with Crippen LogP contribution in [0.5, 0.6) is 5.75 Å². The molecule has 0 spiro atoms. The third kappa shape index (κ3) is 4.37. The van der Waals surface area contributed by atoms with E-state index in [1.807, 2.05) is 31.2 Å². The van der Waals surface area contributed by atoms with E-state index in [-0.39, 0.29) is 5.91 Å².